The minimum absolute atomic E-state index is 0.246. The Hall–Kier alpha value is -1.53. The molecule has 2 rings (SSSR count). The summed E-state index contributed by atoms with van der Waals surface area (Å²) in [5.74, 6) is -0.246. The summed E-state index contributed by atoms with van der Waals surface area (Å²) in [5.41, 5.74) is 0. The lowest BCUT2D eigenvalue weighted by atomic mass is 9.97. The predicted molar refractivity (Wildman–Crippen MR) is 295 cm³/mol. The Bertz CT molecular complexity index is 1340. The molecule has 2 fully saturated rings. The van der Waals surface area contributed by atoms with Gasteiger partial charge < -0.3 is 65.1 Å². The molecule has 0 saturated carbocycles. The van der Waals surface area contributed by atoms with Gasteiger partial charge in [0.2, 0.25) is 5.91 Å². The molecule has 74 heavy (non-hydrogen) atoms. The van der Waals surface area contributed by atoms with Crippen molar-refractivity contribution in [3.63, 3.8) is 0 Å². The van der Waals surface area contributed by atoms with E-state index in [-0.39, 0.29) is 18.9 Å². The van der Waals surface area contributed by atoms with Gasteiger partial charge >= 0.3 is 0 Å². The lowest BCUT2D eigenvalue weighted by Gasteiger charge is -2.46. The van der Waals surface area contributed by atoms with Crippen molar-refractivity contribution in [3.8, 4) is 0 Å². The van der Waals surface area contributed by atoms with Crippen LogP contribution >= 0.6 is 0 Å². The van der Waals surface area contributed by atoms with Crippen molar-refractivity contribution in [1.29, 1.82) is 0 Å². The molecule has 0 spiro atoms. The predicted octanol–water partition coefficient (Wildman–Crippen LogP) is 10.4. The van der Waals surface area contributed by atoms with E-state index in [1.807, 2.05) is 6.08 Å². The molecule has 436 valence electrons. The summed E-state index contributed by atoms with van der Waals surface area (Å²) in [5, 5.41) is 87.1. The number of aliphatic hydroxyl groups is 8. The van der Waals surface area contributed by atoms with Crippen LogP contribution in [0.15, 0.2) is 24.3 Å². The van der Waals surface area contributed by atoms with E-state index >= 15 is 0 Å². The van der Waals surface area contributed by atoms with E-state index in [1.54, 1.807) is 6.08 Å². The average Bonchev–Trinajstić information content (AvgIpc) is 3.40. The van der Waals surface area contributed by atoms with Gasteiger partial charge in [-0.25, -0.2) is 0 Å². The Morgan fingerprint density at radius 2 is 0.851 bits per heavy atom. The van der Waals surface area contributed by atoms with Crippen molar-refractivity contribution in [2.24, 2.45) is 0 Å². The molecule has 1 amide bonds. The molecule has 0 aromatic heterocycles. The second-order valence-electron chi connectivity index (χ2n) is 21.8. The Kier molecular flexibility index (Phi) is 43.0. The zero-order chi connectivity index (χ0) is 53.9. The number of carbonyl (C=O) groups excluding carboxylic acids is 1. The standard InChI is InChI=1S/C60H113NO13/c1-3-5-7-9-11-13-15-17-19-20-21-22-23-24-25-26-27-28-29-30-31-33-35-37-39-41-43-49(64)48(61-52(65)44-42-40-38-36-34-32-18-16-14-12-10-8-6-4-2)47-71-59-57(70)55(68)58(51(46-63)73-59)74-60-56(69)54(67)53(66)50(45-62)72-60/h16,18,41,43,48-51,53-60,62-64,66-70H,3-15,17,19-40,42,44-47H2,1-2H3,(H,61,65)/b18-16-,43-41+. The van der Waals surface area contributed by atoms with Gasteiger partial charge in [-0.2, -0.15) is 0 Å². The highest BCUT2D eigenvalue weighted by atomic mass is 16.7. The number of allylic oxidation sites excluding steroid dienone is 3. The van der Waals surface area contributed by atoms with Crippen molar-refractivity contribution >= 4 is 5.91 Å². The van der Waals surface area contributed by atoms with Gasteiger partial charge in [-0.3, -0.25) is 4.79 Å². The normalized spacial score (nSPS) is 25.3. The summed E-state index contributed by atoms with van der Waals surface area (Å²) < 4.78 is 22.8. The maximum absolute atomic E-state index is 13.2. The minimum atomic E-state index is -1.79. The number of amides is 1. The maximum atomic E-state index is 13.2. The summed E-state index contributed by atoms with van der Waals surface area (Å²) in [6.45, 7) is 2.80. The first-order chi connectivity index (χ1) is 36.1. The number of unbranched alkanes of at least 4 members (excludes halogenated alkanes) is 34. The fourth-order valence-corrected chi connectivity index (χ4v) is 10.2. The second-order valence-corrected chi connectivity index (χ2v) is 21.8. The van der Waals surface area contributed by atoms with Gasteiger partial charge in [-0.1, -0.05) is 231 Å². The topological polar surface area (TPSA) is 228 Å². The van der Waals surface area contributed by atoms with Crippen LogP contribution in [0.25, 0.3) is 0 Å². The first kappa shape index (κ1) is 68.6. The summed E-state index contributed by atoms with van der Waals surface area (Å²) in [6.07, 6.45) is 38.0. The van der Waals surface area contributed by atoms with E-state index in [2.05, 4.69) is 31.3 Å². The van der Waals surface area contributed by atoms with Crippen LogP contribution in [0.2, 0.25) is 0 Å². The fourth-order valence-electron chi connectivity index (χ4n) is 10.2. The number of carbonyl (C=O) groups is 1. The SMILES string of the molecule is CCCCCCC/C=C\CCCCCCCC(=O)NC(COC1OC(CO)C(OC2OC(CO)C(O)C(O)C2O)C(O)C1O)C(O)/C=C/CCCCCCCCCCCCCCCCCCCCCCCCCC. The number of rotatable bonds is 49. The molecule has 12 unspecified atom stereocenters. The first-order valence-electron chi connectivity index (χ1n) is 30.6. The first-order valence-corrected chi connectivity index (χ1v) is 30.6. The molecule has 12 atom stereocenters. The summed E-state index contributed by atoms with van der Waals surface area (Å²) >= 11 is 0. The summed E-state index contributed by atoms with van der Waals surface area (Å²) in [7, 11) is 0. The van der Waals surface area contributed by atoms with Crippen molar-refractivity contribution in [2.75, 3.05) is 19.8 Å². The molecule has 14 nitrogen and oxygen atoms in total. The van der Waals surface area contributed by atoms with Gasteiger partial charge in [0.1, 0.15) is 48.8 Å². The Balaban J connectivity index is 1.73. The van der Waals surface area contributed by atoms with E-state index in [0.717, 1.165) is 57.8 Å². The molecule has 0 aromatic rings. The Morgan fingerprint density at radius 1 is 0.473 bits per heavy atom. The highest BCUT2D eigenvalue weighted by molar-refractivity contribution is 5.76. The van der Waals surface area contributed by atoms with Crippen LogP contribution in [-0.4, -0.2) is 140 Å². The highest BCUT2D eigenvalue weighted by Crippen LogP contribution is 2.30. The van der Waals surface area contributed by atoms with Crippen LogP contribution in [0.3, 0.4) is 0 Å². The van der Waals surface area contributed by atoms with Gasteiger partial charge in [0, 0.05) is 6.42 Å². The number of hydrogen-bond donors (Lipinski definition) is 9. The van der Waals surface area contributed by atoms with E-state index in [4.69, 9.17) is 18.9 Å². The molecule has 2 aliphatic heterocycles. The van der Waals surface area contributed by atoms with E-state index in [0.29, 0.717) is 6.42 Å². The number of nitrogens with one attached hydrogen (secondary N) is 1. The molecular formula is C60H113NO13. The van der Waals surface area contributed by atoms with Gasteiger partial charge in [-0.05, 0) is 44.9 Å². The van der Waals surface area contributed by atoms with Crippen LogP contribution in [0.5, 0.6) is 0 Å². The maximum Gasteiger partial charge on any atom is 0.220 e. The largest absolute Gasteiger partial charge is 0.394 e. The summed E-state index contributed by atoms with van der Waals surface area (Å²) in [6, 6.07) is -0.917. The average molecular weight is 1060 g/mol. The van der Waals surface area contributed by atoms with Gasteiger partial charge in [0.05, 0.1) is 32.0 Å². The van der Waals surface area contributed by atoms with Crippen LogP contribution < -0.4 is 5.32 Å². The third-order valence-corrected chi connectivity index (χ3v) is 15.1. The lowest BCUT2D eigenvalue weighted by molar-refractivity contribution is -0.359. The highest BCUT2D eigenvalue weighted by Gasteiger charge is 2.51. The van der Waals surface area contributed by atoms with Gasteiger partial charge in [0.25, 0.3) is 0 Å². The molecule has 2 heterocycles. The van der Waals surface area contributed by atoms with Crippen molar-refractivity contribution in [3.05, 3.63) is 24.3 Å². The molecule has 14 heteroatoms. The second kappa shape index (κ2) is 46.4. The zero-order valence-corrected chi connectivity index (χ0v) is 46.8. The van der Waals surface area contributed by atoms with Crippen LogP contribution in [0, 0.1) is 0 Å². The third kappa shape index (κ3) is 31.8. The molecule has 2 saturated heterocycles. The quantitative estimate of drug-likeness (QED) is 0.0204. The summed E-state index contributed by atoms with van der Waals surface area (Å²) in [4.78, 5) is 13.2. The Morgan fingerprint density at radius 3 is 1.28 bits per heavy atom. The van der Waals surface area contributed by atoms with Crippen LogP contribution in [0.4, 0.5) is 0 Å². The number of hydrogen-bond acceptors (Lipinski definition) is 13. The molecular weight excluding hydrogens is 943 g/mol. The number of ether oxygens (including phenoxy) is 4. The molecule has 9 N–H and O–H groups in total. The molecule has 0 aliphatic carbocycles. The van der Waals surface area contributed by atoms with E-state index < -0.39 is 86.8 Å². The van der Waals surface area contributed by atoms with E-state index in [1.165, 1.54) is 173 Å². The van der Waals surface area contributed by atoms with Gasteiger partial charge in [-0.15, -0.1) is 0 Å². The molecule has 2 aliphatic rings. The van der Waals surface area contributed by atoms with Gasteiger partial charge in [0.15, 0.2) is 12.6 Å². The van der Waals surface area contributed by atoms with Crippen LogP contribution in [0.1, 0.15) is 258 Å². The number of aliphatic hydroxyl groups excluding tert-OH is 8. The zero-order valence-electron chi connectivity index (χ0n) is 46.8. The molecule has 0 bridgehead atoms. The molecule has 0 aromatic carbocycles. The minimum Gasteiger partial charge on any atom is -0.394 e. The van der Waals surface area contributed by atoms with Crippen LogP contribution in [-0.2, 0) is 23.7 Å². The third-order valence-electron chi connectivity index (χ3n) is 15.1. The lowest BCUT2D eigenvalue weighted by Crippen LogP contribution is -2.65. The van der Waals surface area contributed by atoms with Crippen molar-refractivity contribution in [2.45, 2.75) is 331 Å². The van der Waals surface area contributed by atoms with E-state index in [9.17, 15) is 45.6 Å². The van der Waals surface area contributed by atoms with Crippen molar-refractivity contribution < 1.29 is 64.6 Å². The fraction of sp³-hybridized carbons (Fsp3) is 0.917. The smallest absolute Gasteiger partial charge is 0.220 e. The molecule has 0 radical (unpaired) electrons. The monoisotopic (exact) mass is 1060 g/mol. The Labute approximate surface area is 449 Å². The van der Waals surface area contributed by atoms with Crippen molar-refractivity contribution in [1.82, 2.24) is 5.32 Å².